The maximum Gasteiger partial charge on any atom is 0.227 e. The van der Waals surface area contributed by atoms with Gasteiger partial charge < -0.3 is 11.1 Å². The Morgan fingerprint density at radius 1 is 1.67 bits per heavy atom. The second kappa shape index (κ2) is 6.08. The minimum atomic E-state index is -0.114. The Kier molecular flexibility index (Phi) is 4.70. The number of hydrogen-bond acceptors (Lipinski definition) is 4. The first-order chi connectivity index (χ1) is 7.22. The number of aromatic nitrogens is 2. The predicted octanol–water partition coefficient (Wildman–Crippen LogP) is 0.933. The molecule has 0 aliphatic carbocycles. The van der Waals surface area contributed by atoms with Crippen molar-refractivity contribution in [2.24, 2.45) is 5.73 Å². The van der Waals surface area contributed by atoms with Crippen LogP contribution < -0.4 is 11.1 Å². The average molecular weight is 208 g/mol. The first-order valence-electron chi connectivity index (χ1n) is 5.05. The summed E-state index contributed by atoms with van der Waals surface area (Å²) in [5.41, 5.74) is 5.74. The Morgan fingerprint density at radius 2 is 2.47 bits per heavy atom. The number of rotatable bonds is 5. The van der Waals surface area contributed by atoms with Gasteiger partial charge in [0.25, 0.3) is 0 Å². The summed E-state index contributed by atoms with van der Waals surface area (Å²) >= 11 is 0. The molecule has 82 valence electrons. The van der Waals surface area contributed by atoms with Crippen LogP contribution in [0.3, 0.4) is 0 Å². The van der Waals surface area contributed by atoms with E-state index in [1.807, 2.05) is 6.92 Å². The van der Waals surface area contributed by atoms with E-state index in [0.717, 1.165) is 12.8 Å². The van der Waals surface area contributed by atoms with Crippen molar-refractivity contribution >= 4 is 11.7 Å². The van der Waals surface area contributed by atoms with Crippen molar-refractivity contribution in [3.05, 3.63) is 18.3 Å². The zero-order chi connectivity index (χ0) is 11.1. The van der Waals surface area contributed by atoms with Gasteiger partial charge in [-0.25, -0.2) is 0 Å². The van der Waals surface area contributed by atoms with Crippen molar-refractivity contribution in [3.8, 4) is 0 Å². The molecule has 1 rings (SSSR count). The summed E-state index contributed by atoms with van der Waals surface area (Å²) < 4.78 is 0. The van der Waals surface area contributed by atoms with Gasteiger partial charge in [0.05, 0.1) is 0 Å². The SMILES string of the molecule is CCCC(N)CC(=O)Nc1cccnn1. The lowest BCUT2D eigenvalue weighted by Crippen LogP contribution is -2.27. The molecule has 5 heteroatoms. The molecule has 1 unspecified atom stereocenters. The summed E-state index contributed by atoms with van der Waals surface area (Å²) in [6.45, 7) is 2.04. The van der Waals surface area contributed by atoms with Gasteiger partial charge in [-0.05, 0) is 18.6 Å². The van der Waals surface area contributed by atoms with E-state index in [9.17, 15) is 4.79 Å². The molecule has 1 heterocycles. The number of amides is 1. The predicted molar refractivity (Wildman–Crippen MR) is 58.2 cm³/mol. The number of carbonyl (C=O) groups is 1. The van der Waals surface area contributed by atoms with E-state index in [1.165, 1.54) is 0 Å². The van der Waals surface area contributed by atoms with Crippen LogP contribution in [0.15, 0.2) is 18.3 Å². The van der Waals surface area contributed by atoms with E-state index < -0.39 is 0 Å². The smallest absolute Gasteiger partial charge is 0.227 e. The zero-order valence-electron chi connectivity index (χ0n) is 8.81. The van der Waals surface area contributed by atoms with E-state index >= 15 is 0 Å². The molecule has 0 radical (unpaired) electrons. The highest BCUT2D eigenvalue weighted by atomic mass is 16.1. The van der Waals surface area contributed by atoms with Gasteiger partial charge in [0.2, 0.25) is 5.91 Å². The number of hydrogen-bond donors (Lipinski definition) is 2. The molecule has 0 spiro atoms. The molecular formula is C10H16N4O. The van der Waals surface area contributed by atoms with E-state index in [2.05, 4.69) is 15.5 Å². The van der Waals surface area contributed by atoms with E-state index in [1.54, 1.807) is 18.3 Å². The van der Waals surface area contributed by atoms with Crippen molar-refractivity contribution in [1.82, 2.24) is 10.2 Å². The molecule has 0 aromatic carbocycles. The molecule has 0 saturated carbocycles. The number of nitrogens with two attached hydrogens (primary N) is 1. The van der Waals surface area contributed by atoms with Crippen molar-refractivity contribution in [1.29, 1.82) is 0 Å². The van der Waals surface area contributed by atoms with Gasteiger partial charge in [0, 0.05) is 18.7 Å². The summed E-state index contributed by atoms with van der Waals surface area (Å²) in [5, 5.41) is 10.0. The first-order valence-corrected chi connectivity index (χ1v) is 5.05. The molecule has 0 aliphatic rings. The van der Waals surface area contributed by atoms with Gasteiger partial charge in [0.15, 0.2) is 5.82 Å². The van der Waals surface area contributed by atoms with E-state index in [-0.39, 0.29) is 11.9 Å². The Hall–Kier alpha value is -1.49. The Morgan fingerprint density at radius 3 is 3.07 bits per heavy atom. The highest BCUT2D eigenvalue weighted by Crippen LogP contribution is 2.02. The molecule has 0 bridgehead atoms. The van der Waals surface area contributed by atoms with Crippen LogP contribution in [0.4, 0.5) is 5.82 Å². The lowest BCUT2D eigenvalue weighted by atomic mass is 10.1. The molecule has 1 amide bonds. The van der Waals surface area contributed by atoms with Gasteiger partial charge >= 0.3 is 0 Å². The molecule has 0 saturated heterocycles. The van der Waals surface area contributed by atoms with Crippen LogP contribution in [0, 0.1) is 0 Å². The second-order valence-electron chi connectivity index (χ2n) is 3.41. The molecular weight excluding hydrogens is 192 g/mol. The molecule has 5 nitrogen and oxygen atoms in total. The fourth-order valence-corrected chi connectivity index (χ4v) is 1.27. The highest BCUT2D eigenvalue weighted by molar-refractivity contribution is 5.89. The van der Waals surface area contributed by atoms with E-state index in [0.29, 0.717) is 12.2 Å². The van der Waals surface area contributed by atoms with Crippen LogP contribution in [0.2, 0.25) is 0 Å². The summed E-state index contributed by atoms with van der Waals surface area (Å²) in [7, 11) is 0. The van der Waals surface area contributed by atoms with Crippen LogP contribution in [-0.2, 0) is 4.79 Å². The minimum absolute atomic E-state index is 0.0772. The third-order valence-electron chi connectivity index (χ3n) is 1.95. The molecule has 0 aliphatic heterocycles. The molecule has 3 N–H and O–H groups in total. The van der Waals surface area contributed by atoms with Crippen LogP contribution in [0.1, 0.15) is 26.2 Å². The number of anilines is 1. The Labute approximate surface area is 89.1 Å². The lowest BCUT2D eigenvalue weighted by Gasteiger charge is -2.09. The maximum absolute atomic E-state index is 11.4. The van der Waals surface area contributed by atoms with Crippen molar-refractivity contribution in [2.45, 2.75) is 32.2 Å². The Bertz CT molecular complexity index is 302. The van der Waals surface area contributed by atoms with Crippen molar-refractivity contribution < 1.29 is 4.79 Å². The number of carbonyl (C=O) groups excluding carboxylic acids is 1. The fraction of sp³-hybridized carbons (Fsp3) is 0.500. The molecule has 1 atom stereocenters. The maximum atomic E-state index is 11.4. The van der Waals surface area contributed by atoms with E-state index in [4.69, 9.17) is 5.73 Å². The molecule has 0 fully saturated rings. The standard InChI is InChI=1S/C10H16N4O/c1-2-4-8(11)7-10(15)13-9-5-3-6-12-14-9/h3,5-6,8H,2,4,7,11H2,1H3,(H,13,14,15). The van der Waals surface area contributed by atoms with Crippen LogP contribution >= 0.6 is 0 Å². The van der Waals surface area contributed by atoms with Gasteiger partial charge in [-0.15, -0.1) is 5.10 Å². The lowest BCUT2D eigenvalue weighted by molar-refractivity contribution is -0.116. The molecule has 1 aromatic rings. The number of nitrogens with one attached hydrogen (secondary N) is 1. The summed E-state index contributed by atoms with van der Waals surface area (Å²) in [6, 6.07) is 3.33. The average Bonchev–Trinajstić information content (AvgIpc) is 2.19. The van der Waals surface area contributed by atoms with Crippen LogP contribution in [0.25, 0.3) is 0 Å². The van der Waals surface area contributed by atoms with Gasteiger partial charge in [-0.3, -0.25) is 4.79 Å². The van der Waals surface area contributed by atoms with Crippen LogP contribution in [-0.4, -0.2) is 22.1 Å². The summed E-state index contributed by atoms with van der Waals surface area (Å²) in [4.78, 5) is 11.4. The van der Waals surface area contributed by atoms with Crippen molar-refractivity contribution in [3.63, 3.8) is 0 Å². The Balaban J connectivity index is 2.36. The highest BCUT2D eigenvalue weighted by Gasteiger charge is 2.08. The topological polar surface area (TPSA) is 80.9 Å². The van der Waals surface area contributed by atoms with Crippen LogP contribution in [0.5, 0.6) is 0 Å². The summed E-state index contributed by atoms with van der Waals surface area (Å²) in [6.07, 6.45) is 3.72. The minimum Gasteiger partial charge on any atom is -0.327 e. The molecule has 15 heavy (non-hydrogen) atoms. The van der Waals surface area contributed by atoms with Crippen molar-refractivity contribution in [2.75, 3.05) is 5.32 Å². The zero-order valence-corrected chi connectivity index (χ0v) is 8.81. The first kappa shape index (κ1) is 11.6. The third kappa shape index (κ3) is 4.51. The quantitative estimate of drug-likeness (QED) is 0.754. The summed E-state index contributed by atoms with van der Waals surface area (Å²) in [5.74, 6) is 0.350. The third-order valence-corrected chi connectivity index (χ3v) is 1.95. The van der Waals surface area contributed by atoms with Gasteiger partial charge in [0.1, 0.15) is 0 Å². The largest absolute Gasteiger partial charge is 0.327 e. The van der Waals surface area contributed by atoms with Gasteiger partial charge in [-0.1, -0.05) is 13.3 Å². The number of nitrogens with zero attached hydrogens (tertiary/aromatic N) is 2. The fourth-order valence-electron chi connectivity index (χ4n) is 1.27. The second-order valence-corrected chi connectivity index (χ2v) is 3.41. The van der Waals surface area contributed by atoms with Gasteiger partial charge in [-0.2, -0.15) is 5.10 Å². The molecule has 1 aromatic heterocycles. The normalized spacial score (nSPS) is 12.1. The monoisotopic (exact) mass is 208 g/mol.